The number of amidine groups is 1. The van der Waals surface area contributed by atoms with Crippen LogP contribution in [-0.4, -0.2) is 59.6 Å². The second kappa shape index (κ2) is 21.7. The second-order valence-electron chi connectivity index (χ2n) is 16.7. The molecule has 64 heavy (non-hydrogen) atoms. The summed E-state index contributed by atoms with van der Waals surface area (Å²) in [6.45, 7) is 12.7. The Bertz CT molecular complexity index is 2620. The maximum atomic E-state index is 12.2. The van der Waals surface area contributed by atoms with E-state index in [0.29, 0.717) is 35.2 Å². The number of H-pyrrole nitrogens is 1. The van der Waals surface area contributed by atoms with E-state index in [1.165, 1.54) is 36.5 Å². The summed E-state index contributed by atoms with van der Waals surface area (Å²) in [6.07, 6.45) is 5.14. The van der Waals surface area contributed by atoms with Crippen LogP contribution >= 0.6 is 0 Å². The molecule has 2 unspecified atom stereocenters. The van der Waals surface area contributed by atoms with Gasteiger partial charge in [0.1, 0.15) is 0 Å². The number of carbonyl (C=O) groups excluding carboxylic acids is 6. The number of nitrogens with two attached hydrogens (primary N) is 1. The normalized spacial score (nSPS) is 16.9. The van der Waals surface area contributed by atoms with Crippen molar-refractivity contribution in [3.63, 3.8) is 0 Å². The maximum Gasteiger partial charge on any atom is 0.438 e. The molecule has 336 valence electrons. The van der Waals surface area contributed by atoms with Gasteiger partial charge < -0.3 is 20.4 Å². The topological polar surface area (TPSA) is 238 Å². The third kappa shape index (κ3) is 10.3. The highest BCUT2D eigenvalue weighted by molar-refractivity contribution is 5.97. The lowest BCUT2D eigenvalue weighted by atomic mass is 9.67. The molecule has 15 heteroatoms. The molecule has 2 aliphatic carbocycles. The molecule has 0 bridgehead atoms. The molecule has 1 heterocycles. The van der Waals surface area contributed by atoms with Crippen LogP contribution in [0.5, 0.6) is 0 Å². The fraction of sp³-hybridized carbons (Fsp3) is 0.367. The average Bonchev–Trinajstić information content (AvgIpc) is 3.61. The fourth-order valence-electron chi connectivity index (χ4n) is 9.34. The summed E-state index contributed by atoms with van der Waals surface area (Å²) in [4.78, 5) is 71.5. The van der Waals surface area contributed by atoms with E-state index in [9.17, 15) is 19.6 Å². The number of aryl methyl sites for hydroxylation is 6. The maximum absolute atomic E-state index is 12.2. The Labute approximate surface area is 371 Å². The van der Waals surface area contributed by atoms with E-state index in [4.69, 9.17) is 38.9 Å². The number of hydrogen-bond acceptors (Lipinski definition) is 13. The summed E-state index contributed by atoms with van der Waals surface area (Å²) in [7, 11) is 2.77. The number of carbonyl (C=O) groups is 2. The van der Waals surface area contributed by atoms with Crippen LogP contribution in [0.25, 0.3) is 0 Å². The van der Waals surface area contributed by atoms with Gasteiger partial charge in [0, 0.05) is 0 Å². The van der Waals surface area contributed by atoms with Crippen LogP contribution in [0.2, 0.25) is 0 Å². The molecule has 2 atom stereocenters. The Balaban J connectivity index is 0.000000251. The molecule has 4 aromatic carbocycles. The minimum atomic E-state index is -0.744. The number of benzene rings is 4. The number of methoxy groups -OCH3 is 2. The first-order valence-electron chi connectivity index (χ1n) is 20.7. The number of oxime groups is 1. The number of hydrogen-bond donors (Lipinski definition) is 3. The predicted molar refractivity (Wildman–Crippen MR) is 233 cm³/mol. The van der Waals surface area contributed by atoms with Gasteiger partial charge in [0.2, 0.25) is 0 Å². The fourth-order valence-corrected chi connectivity index (χ4v) is 9.34. The highest BCUT2D eigenvalue weighted by Crippen LogP contribution is 2.48. The van der Waals surface area contributed by atoms with E-state index in [2.05, 4.69) is 93.2 Å². The van der Waals surface area contributed by atoms with E-state index < -0.39 is 16.6 Å². The summed E-state index contributed by atoms with van der Waals surface area (Å²) in [5, 5.41) is 17.4. The first-order chi connectivity index (χ1) is 30.5. The number of nitrogens with zero attached hydrogens (tertiary/aromatic N) is 2. The van der Waals surface area contributed by atoms with Gasteiger partial charge in [0.15, 0.2) is 11.7 Å². The average molecular weight is 875 g/mol. The lowest BCUT2D eigenvalue weighted by molar-refractivity contribution is -0.193. The second-order valence-corrected chi connectivity index (χ2v) is 16.7. The van der Waals surface area contributed by atoms with Crippen molar-refractivity contribution in [2.24, 2.45) is 22.7 Å². The number of nitrogens with one attached hydrogen (secondary N) is 1. The molecule has 0 amide bonds. The molecule has 4 N–H and O–H groups in total. The number of aromatic nitrogens is 2. The molecular formula is C49H54N4O11. The lowest BCUT2D eigenvalue weighted by Gasteiger charge is -2.37. The molecule has 2 aliphatic rings. The third-order valence-electron chi connectivity index (χ3n) is 11.6. The molecule has 5 aromatic rings. The van der Waals surface area contributed by atoms with Gasteiger partial charge >= 0.3 is 30.0 Å². The van der Waals surface area contributed by atoms with Crippen LogP contribution < -0.4 is 11.5 Å². The van der Waals surface area contributed by atoms with Gasteiger partial charge in [-0.15, -0.1) is 0 Å². The van der Waals surface area contributed by atoms with Crippen molar-refractivity contribution in [3.8, 4) is 0 Å². The molecule has 0 saturated heterocycles. The number of fused-ring (bicyclic) bond motifs is 4. The third-order valence-corrected chi connectivity index (χ3v) is 11.6. The van der Waals surface area contributed by atoms with E-state index in [-0.39, 0.29) is 30.1 Å². The first kappa shape index (κ1) is 49.4. The Hall–Kier alpha value is -7.21. The van der Waals surface area contributed by atoms with Crippen LogP contribution in [0.3, 0.4) is 0 Å². The predicted octanol–water partition coefficient (Wildman–Crippen LogP) is 6.73. The van der Waals surface area contributed by atoms with Crippen molar-refractivity contribution in [2.45, 2.75) is 90.9 Å². The molecule has 0 radical (unpaired) electrons. The van der Waals surface area contributed by atoms with E-state index in [0.717, 1.165) is 65.5 Å². The van der Waals surface area contributed by atoms with Crippen molar-refractivity contribution in [2.75, 3.05) is 14.2 Å². The van der Waals surface area contributed by atoms with Crippen molar-refractivity contribution in [1.82, 2.24) is 10.1 Å². The summed E-state index contributed by atoms with van der Waals surface area (Å²) < 4.78 is 14.8. The summed E-state index contributed by atoms with van der Waals surface area (Å²) in [5.41, 5.74) is 17.1. The molecule has 0 fully saturated rings. The monoisotopic (exact) mass is 874 g/mol. The lowest BCUT2D eigenvalue weighted by Crippen LogP contribution is -2.44. The van der Waals surface area contributed by atoms with Crippen LogP contribution in [0.1, 0.15) is 123 Å². The Morgan fingerprint density at radius 3 is 1.52 bits per heavy atom. The van der Waals surface area contributed by atoms with Crippen molar-refractivity contribution in [3.05, 3.63) is 156 Å². The summed E-state index contributed by atoms with van der Waals surface area (Å²) in [5.74, 6) is 0.00367. The Morgan fingerprint density at radius 2 is 1.11 bits per heavy atom. The van der Waals surface area contributed by atoms with Crippen LogP contribution in [-0.2, 0) is 65.2 Å². The molecule has 0 aliphatic heterocycles. The zero-order valence-corrected chi connectivity index (χ0v) is 37.3. The highest BCUT2D eigenvalue weighted by Gasteiger charge is 2.46. The van der Waals surface area contributed by atoms with Crippen LogP contribution in [0.15, 0.2) is 87.3 Å². The number of ether oxygens (including phenoxy) is 2. The standard InChI is InChI=1S/C24H26N2O4.C23H28N2O3.2CO2/c1-14(2)13-24(22-25-23(28)30-26-22)19-9-5-15(3)11-16(19)6-7-17-12-18(21(27)29-4)8-10-20(17)24;1-14(2)13-23(22(24)25-27)19-9-5-15(3)11-16(19)6-7-17-12-18(21(26)28-4)8-10-20(17)23;2*2-1-3/h5,8-12,14H,6-7,13H2,1-4H3,(H,25,26,28);5,8-12,14,27H,6-7,13H2,1-4H3,(H2,24,25);;. The van der Waals surface area contributed by atoms with Gasteiger partial charge in [-0.2, -0.15) is 19.2 Å². The van der Waals surface area contributed by atoms with Crippen LogP contribution in [0, 0.1) is 25.7 Å². The molecule has 15 nitrogen and oxygen atoms in total. The van der Waals surface area contributed by atoms with Gasteiger partial charge in [-0.1, -0.05) is 97.7 Å². The van der Waals surface area contributed by atoms with Gasteiger partial charge in [0.05, 0.1) is 36.2 Å². The Morgan fingerprint density at radius 1 is 0.719 bits per heavy atom. The zero-order chi connectivity index (χ0) is 47.4. The zero-order valence-electron chi connectivity index (χ0n) is 37.3. The molecule has 7 rings (SSSR count). The number of esters is 2. The van der Waals surface area contributed by atoms with Gasteiger partial charge in [-0.3, -0.25) is 9.51 Å². The SMILES string of the molecule is COC(=O)c1ccc2c(c1)CCc1cc(C)ccc1C2(CC(C)C)C(N)=NO.COC(=O)c1ccc2c(c1)CCc1cc(C)ccc1C2(CC(C)C)c1noc(=O)[nH]1.O=C=O.O=C=O. The molecule has 0 spiro atoms. The Kier molecular flexibility index (Phi) is 16.8. The van der Waals surface area contributed by atoms with Crippen molar-refractivity contribution >= 4 is 30.1 Å². The smallest absolute Gasteiger partial charge is 0.438 e. The number of aromatic amines is 1. The van der Waals surface area contributed by atoms with E-state index >= 15 is 0 Å². The van der Waals surface area contributed by atoms with E-state index in [1.807, 2.05) is 24.3 Å². The molecular weight excluding hydrogens is 821 g/mol. The van der Waals surface area contributed by atoms with Crippen LogP contribution in [0.4, 0.5) is 0 Å². The quantitative estimate of drug-likeness (QED) is 0.0483. The summed E-state index contributed by atoms with van der Waals surface area (Å²) in [6, 6.07) is 24.1. The molecule has 0 saturated carbocycles. The largest absolute Gasteiger partial charge is 0.465 e. The minimum Gasteiger partial charge on any atom is -0.465 e. The van der Waals surface area contributed by atoms with E-state index in [1.54, 1.807) is 12.1 Å². The van der Waals surface area contributed by atoms with Gasteiger partial charge in [-0.25, -0.2) is 14.4 Å². The van der Waals surface area contributed by atoms with Gasteiger partial charge in [0.25, 0.3) is 0 Å². The first-order valence-corrected chi connectivity index (χ1v) is 20.7. The molecule has 1 aromatic heterocycles. The van der Waals surface area contributed by atoms with Crippen molar-refractivity contribution < 1.29 is 48.0 Å². The van der Waals surface area contributed by atoms with Crippen molar-refractivity contribution in [1.29, 1.82) is 0 Å². The van der Waals surface area contributed by atoms with Gasteiger partial charge in [-0.05, 0) is 133 Å². The highest BCUT2D eigenvalue weighted by atomic mass is 16.5. The summed E-state index contributed by atoms with van der Waals surface area (Å²) >= 11 is 0. The minimum absolute atomic E-state index is 0.181. The number of rotatable bonds is 8.